The molecule has 1 aliphatic carbocycles. The molecule has 20 heavy (non-hydrogen) atoms. The van der Waals surface area contributed by atoms with Gasteiger partial charge >= 0.3 is 0 Å². The minimum Gasteiger partial charge on any atom is -0.375 e. The average Bonchev–Trinajstić information content (AvgIpc) is 2.48. The molecule has 2 fully saturated rings. The predicted octanol–water partition coefficient (Wildman–Crippen LogP) is 3.72. The summed E-state index contributed by atoms with van der Waals surface area (Å²) >= 11 is 1.97. The molecule has 1 saturated heterocycles. The third kappa shape index (κ3) is 3.21. The summed E-state index contributed by atoms with van der Waals surface area (Å²) in [5.74, 6) is 1.92. The minimum atomic E-state index is 0.259. The van der Waals surface area contributed by atoms with E-state index < -0.39 is 0 Å². The topological polar surface area (TPSA) is 21.3 Å². The van der Waals surface area contributed by atoms with Crippen molar-refractivity contribution in [3.05, 3.63) is 30.3 Å². The first kappa shape index (κ1) is 14.4. The van der Waals surface area contributed by atoms with E-state index >= 15 is 0 Å². The van der Waals surface area contributed by atoms with Crippen molar-refractivity contribution in [1.29, 1.82) is 0 Å². The van der Waals surface area contributed by atoms with Crippen molar-refractivity contribution in [2.75, 3.05) is 19.4 Å². The summed E-state index contributed by atoms with van der Waals surface area (Å²) < 4.78 is 6.05. The molecule has 1 N–H and O–H groups in total. The Kier molecular flexibility index (Phi) is 4.69. The van der Waals surface area contributed by atoms with Crippen LogP contribution in [-0.2, 0) is 4.74 Å². The highest BCUT2D eigenvalue weighted by Crippen LogP contribution is 2.45. The summed E-state index contributed by atoms with van der Waals surface area (Å²) in [6.45, 7) is 0.957. The highest BCUT2D eigenvalue weighted by molar-refractivity contribution is 7.99. The Morgan fingerprint density at radius 3 is 2.80 bits per heavy atom. The van der Waals surface area contributed by atoms with Crippen molar-refractivity contribution in [2.45, 2.75) is 48.6 Å². The van der Waals surface area contributed by atoms with Gasteiger partial charge in [0.05, 0.1) is 5.60 Å². The Labute approximate surface area is 126 Å². The van der Waals surface area contributed by atoms with E-state index in [0.29, 0.717) is 6.04 Å². The van der Waals surface area contributed by atoms with Crippen LogP contribution in [0.2, 0.25) is 0 Å². The van der Waals surface area contributed by atoms with Gasteiger partial charge in [0.2, 0.25) is 0 Å². The van der Waals surface area contributed by atoms with Gasteiger partial charge < -0.3 is 10.1 Å². The maximum atomic E-state index is 6.05. The van der Waals surface area contributed by atoms with E-state index in [-0.39, 0.29) is 5.60 Å². The maximum absolute atomic E-state index is 6.05. The second-order valence-corrected chi connectivity index (χ2v) is 7.25. The number of benzene rings is 1. The lowest BCUT2D eigenvalue weighted by Gasteiger charge is -2.48. The Balaban J connectivity index is 1.55. The molecular formula is C17H25NOS. The van der Waals surface area contributed by atoms with E-state index in [4.69, 9.17) is 4.74 Å². The molecule has 1 aromatic rings. The number of nitrogens with one attached hydrogen (secondary N) is 1. The summed E-state index contributed by atoms with van der Waals surface area (Å²) in [4.78, 5) is 1.37. The largest absolute Gasteiger partial charge is 0.375 e. The molecule has 1 saturated carbocycles. The van der Waals surface area contributed by atoms with E-state index in [1.165, 1.54) is 37.0 Å². The molecule has 3 rings (SSSR count). The van der Waals surface area contributed by atoms with E-state index in [1.807, 2.05) is 11.8 Å². The van der Waals surface area contributed by atoms with Gasteiger partial charge in [-0.3, -0.25) is 0 Å². The molecule has 0 radical (unpaired) electrons. The molecule has 1 spiro atoms. The lowest BCUT2D eigenvalue weighted by atomic mass is 9.70. The number of rotatable bonds is 5. The van der Waals surface area contributed by atoms with Crippen LogP contribution in [-0.4, -0.2) is 31.1 Å². The van der Waals surface area contributed by atoms with Crippen molar-refractivity contribution in [1.82, 2.24) is 5.32 Å². The van der Waals surface area contributed by atoms with Crippen molar-refractivity contribution in [2.24, 2.45) is 5.92 Å². The monoisotopic (exact) mass is 291 g/mol. The normalized spacial score (nSPS) is 26.1. The predicted molar refractivity (Wildman–Crippen MR) is 85.3 cm³/mol. The highest BCUT2D eigenvalue weighted by atomic mass is 32.2. The second-order valence-electron chi connectivity index (χ2n) is 6.16. The first-order valence-electron chi connectivity index (χ1n) is 7.80. The van der Waals surface area contributed by atoms with Crippen LogP contribution in [0, 0.1) is 5.92 Å². The van der Waals surface area contributed by atoms with Crippen molar-refractivity contribution >= 4 is 11.8 Å². The summed E-state index contributed by atoms with van der Waals surface area (Å²) in [7, 11) is 2.11. The lowest BCUT2D eigenvalue weighted by molar-refractivity contribution is -0.146. The van der Waals surface area contributed by atoms with E-state index in [2.05, 4.69) is 42.7 Å². The van der Waals surface area contributed by atoms with Gasteiger partial charge in [0.15, 0.2) is 0 Å². The molecular weight excluding hydrogens is 266 g/mol. The molecule has 2 nitrogen and oxygen atoms in total. The number of ether oxygens (including phenoxy) is 1. The smallest absolute Gasteiger partial charge is 0.0685 e. The average molecular weight is 291 g/mol. The Bertz CT molecular complexity index is 418. The molecule has 1 aliphatic heterocycles. The molecule has 2 atom stereocenters. The number of hydrogen-bond acceptors (Lipinski definition) is 3. The zero-order valence-corrected chi connectivity index (χ0v) is 13.1. The van der Waals surface area contributed by atoms with Gasteiger partial charge in [0, 0.05) is 23.3 Å². The van der Waals surface area contributed by atoms with Crippen molar-refractivity contribution in [3.63, 3.8) is 0 Å². The van der Waals surface area contributed by atoms with Gasteiger partial charge in [-0.15, -0.1) is 11.8 Å². The second kappa shape index (κ2) is 6.50. The van der Waals surface area contributed by atoms with Crippen LogP contribution >= 0.6 is 11.8 Å². The van der Waals surface area contributed by atoms with Gasteiger partial charge in [-0.25, -0.2) is 0 Å². The molecule has 0 bridgehead atoms. The molecule has 2 aliphatic rings. The molecule has 110 valence electrons. The molecule has 1 heterocycles. The summed E-state index contributed by atoms with van der Waals surface area (Å²) in [6.07, 6.45) is 6.39. The first-order chi connectivity index (χ1) is 9.81. The third-order valence-corrected chi connectivity index (χ3v) is 6.04. The van der Waals surface area contributed by atoms with Crippen LogP contribution in [0.4, 0.5) is 0 Å². The van der Waals surface area contributed by atoms with E-state index in [9.17, 15) is 0 Å². The quantitative estimate of drug-likeness (QED) is 0.836. The van der Waals surface area contributed by atoms with Gasteiger partial charge in [0.1, 0.15) is 0 Å². The first-order valence-corrected chi connectivity index (χ1v) is 8.79. The Hall–Kier alpha value is -0.510. The summed E-state index contributed by atoms with van der Waals surface area (Å²) in [5, 5.41) is 3.55. The zero-order valence-electron chi connectivity index (χ0n) is 12.3. The molecule has 3 heteroatoms. The molecule has 1 aromatic carbocycles. The van der Waals surface area contributed by atoms with Gasteiger partial charge in [-0.1, -0.05) is 18.2 Å². The van der Waals surface area contributed by atoms with Crippen LogP contribution in [0.15, 0.2) is 35.2 Å². The summed E-state index contributed by atoms with van der Waals surface area (Å²) in [5.41, 5.74) is 0.259. The van der Waals surface area contributed by atoms with Crippen molar-refractivity contribution < 1.29 is 4.74 Å². The Morgan fingerprint density at radius 1 is 1.35 bits per heavy atom. The number of thioether (sulfide) groups is 1. The van der Waals surface area contributed by atoms with Crippen LogP contribution < -0.4 is 5.32 Å². The maximum Gasteiger partial charge on any atom is 0.0685 e. The lowest BCUT2D eigenvalue weighted by Crippen LogP contribution is -2.50. The Morgan fingerprint density at radius 2 is 2.15 bits per heavy atom. The van der Waals surface area contributed by atoms with Crippen molar-refractivity contribution in [3.8, 4) is 0 Å². The van der Waals surface area contributed by atoms with Crippen LogP contribution in [0.1, 0.15) is 32.1 Å². The fourth-order valence-electron chi connectivity index (χ4n) is 3.49. The van der Waals surface area contributed by atoms with Gasteiger partial charge in [-0.05, 0) is 57.2 Å². The van der Waals surface area contributed by atoms with Crippen LogP contribution in [0.25, 0.3) is 0 Å². The van der Waals surface area contributed by atoms with Crippen LogP contribution in [0.5, 0.6) is 0 Å². The van der Waals surface area contributed by atoms with Crippen LogP contribution in [0.3, 0.4) is 0 Å². The van der Waals surface area contributed by atoms with E-state index in [1.54, 1.807) is 0 Å². The van der Waals surface area contributed by atoms with Gasteiger partial charge in [-0.2, -0.15) is 0 Å². The highest BCUT2D eigenvalue weighted by Gasteiger charge is 2.43. The minimum absolute atomic E-state index is 0.259. The SMILES string of the molecule is CNC(CSc1ccccc1)C1CCOC2(CCC2)C1. The zero-order chi connectivity index (χ0) is 13.8. The molecule has 0 amide bonds. The number of hydrogen-bond donors (Lipinski definition) is 1. The molecule has 0 aromatic heterocycles. The fraction of sp³-hybridized carbons (Fsp3) is 0.647. The molecule has 2 unspecified atom stereocenters. The van der Waals surface area contributed by atoms with E-state index in [0.717, 1.165) is 18.3 Å². The van der Waals surface area contributed by atoms with Gasteiger partial charge in [0.25, 0.3) is 0 Å². The third-order valence-electron chi connectivity index (χ3n) is 4.91. The summed E-state index contributed by atoms with van der Waals surface area (Å²) in [6, 6.07) is 11.3. The fourth-order valence-corrected chi connectivity index (χ4v) is 4.65. The standard InChI is InChI=1S/C17H25NOS/c1-18-16(13-20-15-6-3-2-4-7-15)14-8-11-19-17(12-14)9-5-10-17/h2-4,6-7,14,16,18H,5,8-13H2,1H3.